The van der Waals surface area contributed by atoms with Crippen molar-refractivity contribution in [2.45, 2.75) is 0 Å². The largest absolute Gasteiger partial charge is 0.508 e. The molecule has 0 bridgehead atoms. The highest BCUT2D eigenvalue weighted by Gasteiger charge is 2.13. The first-order valence-corrected chi connectivity index (χ1v) is 11.2. The molecule has 1 amide bonds. The second kappa shape index (κ2) is 8.52. The molecule has 0 spiro atoms. The first-order valence-electron chi connectivity index (χ1n) is 11.2. The van der Waals surface area contributed by atoms with Gasteiger partial charge in [0.1, 0.15) is 17.8 Å². The van der Waals surface area contributed by atoms with E-state index in [4.69, 9.17) is 0 Å². The van der Waals surface area contributed by atoms with Gasteiger partial charge in [0, 0.05) is 17.3 Å². The molecule has 8 heteroatoms. The molecule has 0 atom stereocenters. The molecule has 0 radical (unpaired) electrons. The van der Waals surface area contributed by atoms with Crippen LogP contribution in [0, 0.1) is 0 Å². The minimum absolute atomic E-state index is 0.0446. The summed E-state index contributed by atoms with van der Waals surface area (Å²) in [6.07, 6.45) is 1.41. The minimum atomic E-state index is -0.383. The van der Waals surface area contributed by atoms with Crippen LogP contribution in [-0.4, -0.2) is 30.8 Å². The van der Waals surface area contributed by atoms with Crippen molar-refractivity contribution in [2.75, 3.05) is 5.32 Å². The van der Waals surface area contributed by atoms with Gasteiger partial charge in [-0.25, -0.2) is 4.98 Å². The highest BCUT2D eigenvalue weighted by molar-refractivity contribution is 6.04. The summed E-state index contributed by atoms with van der Waals surface area (Å²) in [5.41, 5.74) is 2.96. The number of nitrogens with zero attached hydrogens (tertiary/aromatic N) is 3. The molecule has 3 N–H and O–H groups in total. The van der Waals surface area contributed by atoms with Gasteiger partial charge in [0.05, 0.1) is 22.3 Å². The van der Waals surface area contributed by atoms with Crippen LogP contribution in [0.1, 0.15) is 10.5 Å². The number of aromatic hydroxyl groups is 1. The molecule has 4 aromatic carbocycles. The number of benzene rings is 4. The van der Waals surface area contributed by atoms with Crippen LogP contribution in [0.15, 0.2) is 102 Å². The quantitative estimate of drug-likeness (QED) is 0.338. The molecule has 6 aromatic rings. The Hall–Kier alpha value is -5.24. The van der Waals surface area contributed by atoms with Gasteiger partial charge in [0.2, 0.25) is 0 Å². The fourth-order valence-electron chi connectivity index (χ4n) is 4.16. The maximum Gasteiger partial charge on any atom is 0.273 e. The Kier molecular flexibility index (Phi) is 5.04. The Bertz CT molecular complexity index is 1840. The maximum absolute atomic E-state index is 13.1. The molecule has 2 aromatic heterocycles. The summed E-state index contributed by atoms with van der Waals surface area (Å²) in [5, 5.41) is 22.2. The summed E-state index contributed by atoms with van der Waals surface area (Å²) in [5.74, 6) is -0.339. The molecule has 8 nitrogen and oxygen atoms in total. The topological polar surface area (TPSA) is 113 Å². The average Bonchev–Trinajstić information content (AvgIpc) is 3.40. The minimum Gasteiger partial charge on any atom is -0.508 e. The number of carbonyl (C=O) groups is 1. The van der Waals surface area contributed by atoms with Gasteiger partial charge in [0.25, 0.3) is 11.5 Å². The van der Waals surface area contributed by atoms with Crippen LogP contribution in [-0.2, 0) is 0 Å². The van der Waals surface area contributed by atoms with Crippen LogP contribution in [0.4, 0.5) is 5.69 Å². The zero-order valence-corrected chi connectivity index (χ0v) is 18.8. The molecule has 0 unspecified atom stereocenters. The summed E-state index contributed by atoms with van der Waals surface area (Å²) in [4.78, 5) is 30.4. The first-order chi connectivity index (χ1) is 17.5. The number of carbonyl (C=O) groups excluding carboxylic acids is 1. The van der Waals surface area contributed by atoms with Crippen LogP contribution in [0.3, 0.4) is 0 Å². The van der Waals surface area contributed by atoms with E-state index >= 15 is 0 Å². The van der Waals surface area contributed by atoms with Gasteiger partial charge in [-0.1, -0.05) is 42.5 Å². The molecule has 0 aliphatic rings. The number of hydrogen-bond donors (Lipinski definition) is 3. The number of phenols is 1. The van der Waals surface area contributed by atoms with E-state index in [-0.39, 0.29) is 17.2 Å². The van der Waals surface area contributed by atoms with Crippen LogP contribution >= 0.6 is 0 Å². The molecule has 174 valence electrons. The molecule has 2 heterocycles. The Balaban J connectivity index is 1.28. The Labute approximate surface area is 204 Å². The number of anilines is 1. The second-order valence-corrected chi connectivity index (χ2v) is 8.35. The molecule has 0 saturated heterocycles. The van der Waals surface area contributed by atoms with Crippen molar-refractivity contribution in [1.29, 1.82) is 0 Å². The van der Waals surface area contributed by atoms with Gasteiger partial charge >= 0.3 is 0 Å². The van der Waals surface area contributed by atoms with Crippen LogP contribution in [0.2, 0.25) is 0 Å². The van der Waals surface area contributed by atoms with E-state index < -0.39 is 0 Å². The summed E-state index contributed by atoms with van der Waals surface area (Å²) in [6.45, 7) is 0. The van der Waals surface area contributed by atoms with Crippen LogP contribution in [0.5, 0.6) is 5.75 Å². The zero-order valence-electron chi connectivity index (χ0n) is 18.8. The monoisotopic (exact) mass is 473 g/mol. The smallest absolute Gasteiger partial charge is 0.273 e. The third-order valence-corrected chi connectivity index (χ3v) is 5.99. The molecule has 36 heavy (non-hydrogen) atoms. The van der Waals surface area contributed by atoms with Gasteiger partial charge in [-0.3, -0.25) is 19.3 Å². The number of nitrogens with one attached hydrogen (secondary N) is 2. The van der Waals surface area contributed by atoms with E-state index in [0.29, 0.717) is 33.7 Å². The van der Waals surface area contributed by atoms with Gasteiger partial charge in [-0.15, -0.1) is 0 Å². The van der Waals surface area contributed by atoms with E-state index in [0.717, 1.165) is 16.3 Å². The highest BCUT2D eigenvalue weighted by Crippen LogP contribution is 2.24. The van der Waals surface area contributed by atoms with Crippen molar-refractivity contribution in [1.82, 2.24) is 19.7 Å². The number of aromatic amines is 1. The Morgan fingerprint density at radius 3 is 2.61 bits per heavy atom. The lowest BCUT2D eigenvalue weighted by Gasteiger charge is -2.09. The molecular weight excluding hydrogens is 454 g/mol. The molecule has 0 saturated carbocycles. The van der Waals surface area contributed by atoms with Gasteiger partial charge < -0.3 is 10.4 Å². The number of amides is 1. The number of phenolic OH excluding ortho intramolecular Hbond substituents is 1. The first kappa shape index (κ1) is 21.3. The van der Waals surface area contributed by atoms with Crippen molar-refractivity contribution >= 4 is 33.3 Å². The predicted octanol–water partition coefficient (Wildman–Crippen LogP) is 4.89. The fourth-order valence-corrected chi connectivity index (χ4v) is 4.16. The third-order valence-electron chi connectivity index (χ3n) is 5.99. The van der Waals surface area contributed by atoms with Crippen molar-refractivity contribution in [3.63, 3.8) is 0 Å². The van der Waals surface area contributed by atoms with Gasteiger partial charge in [0.15, 0.2) is 0 Å². The van der Waals surface area contributed by atoms with Gasteiger partial charge in [-0.2, -0.15) is 5.10 Å². The maximum atomic E-state index is 13.1. The zero-order chi connectivity index (χ0) is 24.6. The lowest BCUT2D eigenvalue weighted by atomic mass is 10.1. The van der Waals surface area contributed by atoms with Crippen molar-refractivity contribution in [3.05, 3.63) is 113 Å². The lowest BCUT2D eigenvalue weighted by Crippen LogP contribution is -2.19. The standard InChI is InChI=1S/C28H19N5O3/c34-22-7-3-6-21(14-22)33-16-29-24-11-10-20(13-23(24)28(33)36)30-27(35)26-15-25(31-32-26)19-9-8-17-4-1-2-5-18(17)12-19/h1-16,34H,(H,30,35)(H,31,32). The Morgan fingerprint density at radius 2 is 1.75 bits per heavy atom. The molecule has 0 aliphatic heterocycles. The molecule has 0 aliphatic carbocycles. The fraction of sp³-hybridized carbons (Fsp3) is 0. The highest BCUT2D eigenvalue weighted by atomic mass is 16.3. The molecule has 6 rings (SSSR count). The number of hydrogen-bond acceptors (Lipinski definition) is 5. The van der Waals surface area contributed by atoms with E-state index in [2.05, 4.69) is 20.5 Å². The molecular formula is C28H19N5O3. The van der Waals surface area contributed by atoms with Crippen LogP contribution in [0.25, 0.3) is 38.6 Å². The van der Waals surface area contributed by atoms with Crippen molar-refractivity contribution in [3.8, 4) is 22.7 Å². The summed E-state index contributed by atoms with van der Waals surface area (Å²) in [7, 11) is 0. The Morgan fingerprint density at radius 1 is 0.889 bits per heavy atom. The van der Waals surface area contributed by atoms with Crippen LogP contribution < -0.4 is 10.9 Å². The number of H-pyrrole nitrogens is 1. The van der Waals surface area contributed by atoms with E-state index in [1.807, 2.05) is 42.5 Å². The van der Waals surface area contributed by atoms with Crippen molar-refractivity contribution in [2.24, 2.45) is 0 Å². The summed E-state index contributed by atoms with van der Waals surface area (Å²) in [6, 6.07) is 27.0. The lowest BCUT2D eigenvalue weighted by molar-refractivity contribution is 0.102. The second-order valence-electron chi connectivity index (χ2n) is 8.35. The van der Waals surface area contributed by atoms with Crippen molar-refractivity contribution < 1.29 is 9.90 Å². The third kappa shape index (κ3) is 3.86. The number of fused-ring (bicyclic) bond motifs is 2. The summed E-state index contributed by atoms with van der Waals surface area (Å²) >= 11 is 0. The average molecular weight is 473 g/mol. The van der Waals surface area contributed by atoms with E-state index in [1.165, 1.54) is 23.0 Å². The predicted molar refractivity (Wildman–Crippen MR) is 138 cm³/mol. The summed E-state index contributed by atoms with van der Waals surface area (Å²) < 4.78 is 1.35. The SMILES string of the molecule is O=C(Nc1ccc2ncn(-c3cccc(O)c3)c(=O)c2c1)c1cc(-c2ccc3ccccc3c2)n[nH]1. The van der Waals surface area contributed by atoms with Gasteiger partial charge in [-0.05, 0) is 53.2 Å². The normalized spacial score (nSPS) is 11.1. The van der Waals surface area contributed by atoms with E-state index in [9.17, 15) is 14.7 Å². The van der Waals surface area contributed by atoms with E-state index in [1.54, 1.807) is 36.4 Å². The molecule has 0 fully saturated rings. The number of rotatable bonds is 4. The number of aromatic nitrogens is 4.